The van der Waals surface area contributed by atoms with Crippen LogP contribution in [0, 0.1) is 0 Å². The summed E-state index contributed by atoms with van der Waals surface area (Å²) in [5.41, 5.74) is 2.70. The molecule has 6 rings (SSSR count). The quantitative estimate of drug-likeness (QED) is 0.115. The van der Waals surface area contributed by atoms with Crippen LogP contribution in [0.25, 0.3) is 43.4 Å². The Balaban J connectivity index is 0.00000185. The Hall–Kier alpha value is -2.82. The highest BCUT2D eigenvalue weighted by atomic mass is 79.9. The van der Waals surface area contributed by atoms with Crippen LogP contribution in [0.3, 0.4) is 0 Å². The third kappa shape index (κ3) is 6.72. The van der Waals surface area contributed by atoms with Crippen molar-refractivity contribution in [2.24, 2.45) is 0 Å². The van der Waals surface area contributed by atoms with E-state index in [1.807, 2.05) is 0 Å². The molecule has 2 nitrogen and oxygen atoms in total. The van der Waals surface area contributed by atoms with Crippen LogP contribution in [-0.2, 0) is 13.1 Å². The van der Waals surface area contributed by atoms with Crippen molar-refractivity contribution in [2.45, 2.75) is 64.5 Å². The monoisotopic (exact) mass is 656 g/mol. The molecule has 2 heterocycles. The SMILES string of the molecule is [Br-].[Br-].c1ccc2c(c1)c[n+](CCCCCCCCCC[n+]1cc3ccccc3c3ccccc31)c1ccccc21. The molecule has 0 unspecified atom stereocenters. The van der Waals surface area contributed by atoms with Crippen LogP contribution in [0.5, 0.6) is 0 Å². The molecule has 0 aliphatic rings. The summed E-state index contributed by atoms with van der Waals surface area (Å²) >= 11 is 0. The molecule has 0 atom stereocenters. The maximum Gasteiger partial charge on any atom is 0.213 e. The van der Waals surface area contributed by atoms with Crippen LogP contribution in [0.15, 0.2) is 109 Å². The van der Waals surface area contributed by atoms with E-state index in [1.165, 1.54) is 94.7 Å². The van der Waals surface area contributed by atoms with Gasteiger partial charge >= 0.3 is 0 Å². The lowest BCUT2D eigenvalue weighted by Gasteiger charge is -2.06. The number of aromatic nitrogens is 2. The summed E-state index contributed by atoms with van der Waals surface area (Å²) in [4.78, 5) is 0. The Morgan fingerprint density at radius 1 is 0.350 bits per heavy atom. The second-order valence-corrected chi connectivity index (χ2v) is 10.7. The number of pyridine rings is 2. The van der Waals surface area contributed by atoms with Gasteiger partial charge in [0.2, 0.25) is 11.0 Å². The van der Waals surface area contributed by atoms with Gasteiger partial charge in [-0.3, -0.25) is 0 Å². The molecule has 0 saturated carbocycles. The van der Waals surface area contributed by atoms with Crippen molar-refractivity contribution in [3.63, 3.8) is 0 Å². The van der Waals surface area contributed by atoms with E-state index < -0.39 is 0 Å². The molecule has 0 saturated heterocycles. The van der Waals surface area contributed by atoms with Gasteiger partial charge in [-0.05, 0) is 37.1 Å². The zero-order valence-corrected chi connectivity index (χ0v) is 26.3. The molecule has 4 aromatic carbocycles. The van der Waals surface area contributed by atoms with Crippen molar-refractivity contribution in [1.82, 2.24) is 0 Å². The van der Waals surface area contributed by atoms with Gasteiger partial charge in [-0.1, -0.05) is 86.3 Å². The van der Waals surface area contributed by atoms with Crippen molar-refractivity contribution < 1.29 is 43.1 Å². The third-order valence-corrected chi connectivity index (χ3v) is 8.07. The number of hydrogen-bond donors (Lipinski definition) is 0. The van der Waals surface area contributed by atoms with Crippen molar-refractivity contribution in [2.75, 3.05) is 0 Å². The number of aryl methyl sites for hydroxylation is 2. The van der Waals surface area contributed by atoms with Crippen molar-refractivity contribution in [3.05, 3.63) is 109 Å². The molecule has 0 spiro atoms. The average molecular weight is 659 g/mol. The van der Waals surface area contributed by atoms with E-state index in [0.717, 1.165) is 13.1 Å². The summed E-state index contributed by atoms with van der Waals surface area (Å²) in [5, 5.41) is 8.10. The maximum atomic E-state index is 2.46. The summed E-state index contributed by atoms with van der Waals surface area (Å²) in [6.07, 6.45) is 15.2. The predicted molar refractivity (Wildman–Crippen MR) is 160 cm³/mol. The first-order chi connectivity index (χ1) is 18.9. The van der Waals surface area contributed by atoms with Crippen LogP contribution in [0.2, 0.25) is 0 Å². The van der Waals surface area contributed by atoms with Crippen molar-refractivity contribution >= 4 is 43.4 Å². The van der Waals surface area contributed by atoms with Gasteiger partial charge < -0.3 is 34.0 Å². The highest BCUT2D eigenvalue weighted by Gasteiger charge is 2.13. The maximum absolute atomic E-state index is 2.46. The Kier molecular flexibility index (Phi) is 11.1. The largest absolute Gasteiger partial charge is 1.00 e. The summed E-state index contributed by atoms with van der Waals surface area (Å²) < 4.78 is 4.93. The average Bonchev–Trinajstić information content (AvgIpc) is 2.98. The van der Waals surface area contributed by atoms with Crippen LogP contribution in [-0.4, -0.2) is 0 Å². The molecular formula is C36H38Br2N2. The number of unbranched alkanes of at least 4 members (excludes halogenated alkanes) is 7. The summed E-state index contributed by atoms with van der Waals surface area (Å²) in [6.45, 7) is 2.20. The molecule has 0 radical (unpaired) electrons. The zero-order chi connectivity index (χ0) is 25.6. The number of benzene rings is 4. The Bertz CT molecular complexity index is 1570. The van der Waals surface area contributed by atoms with Crippen LogP contribution in [0.4, 0.5) is 0 Å². The summed E-state index contributed by atoms with van der Waals surface area (Å²) in [6, 6.07) is 35.2. The number of nitrogens with zero attached hydrogens (tertiary/aromatic N) is 2. The molecule has 2 aromatic heterocycles. The minimum atomic E-state index is 0. The minimum Gasteiger partial charge on any atom is -1.00 e. The van der Waals surface area contributed by atoms with Crippen molar-refractivity contribution in [1.29, 1.82) is 0 Å². The Morgan fingerprint density at radius 3 is 1.10 bits per heavy atom. The van der Waals surface area contributed by atoms with Crippen LogP contribution < -0.4 is 43.1 Å². The molecular weight excluding hydrogens is 620 g/mol. The first-order valence-electron chi connectivity index (χ1n) is 14.5. The normalized spacial score (nSPS) is 11.1. The first-order valence-corrected chi connectivity index (χ1v) is 14.5. The highest BCUT2D eigenvalue weighted by Crippen LogP contribution is 2.23. The standard InChI is InChI=1S/C36H38N2.2BrH/c1(3-5-15-25-37-27-29-17-7-9-19-31(29)33-21-11-13-23-35(33)37)2-4-6-16-26-38-28-30-18-8-10-20-32(30)34-22-12-14-24-36(34)38;;/h7-14,17-24,27-28H,1-6,15-16,25-26H2;2*1H/q+2;;/p-2. The fourth-order valence-corrected chi connectivity index (χ4v) is 6.08. The smallest absolute Gasteiger partial charge is 0.213 e. The van der Waals surface area contributed by atoms with E-state index in [2.05, 4.69) is 119 Å². The van der Waals surface area contributed by atoms with E-state index in [4.69, 9.17) is 0 Å². The van der Waals surface area contributed by atoms with E-state index in [9.17, 15) is 0 Å². The van der Waals surface area contributed by atoms with E-state index in [0.29, 0.717) is 0 Å². The van der Waals surface area contributed by atoms with Gasteiger partial charge in [-0.2, -0.15) is 9.13 Å². The van der Waals surface area contributed by atoms with E-state index >= 15 is 0 Å². The number of hydrogen-bond acceptors (Lipinski definition) is 0. The molecule has 40 heavy (non-hydrogen) atoms. The lowest BCUT2D eigenvalue weighted by atomic mass is 10.1. The van der Waals surface area contributed by atoms with Gasteiger partial charge in [0.25, 0.3) is 0 Å². The molecule has 0 aliphatic heterocycles. The van der Waals surface area contributed by atoms with Crippen molar-refractivity contribution in [3.8, 4) is 0 Å². The second-order valence-electron chi connectivity index (χ2n) is 10.7. The molecule has 206 valence electrons. The third-order valence-electron chi connectivity index (χ3n) is 8.07. The fraction of sp³-hybridized carbons (Fsp3) is 0.278. The van der Waals surface area contributed by atoms with E-state index in [-0.39, 0.29) is 34.0 Å². The molecule has 4 heteroatoms. The Labute approximate surface area is 259 Å². The van der Waals surface area contributed by atoms with E-state index in [1.54, 1.807) is 0 Å². The predicted octanol–water partition coefficient (Wildman–Crippen LogP) is 2.70. The lowest BCUT2D eigenvalue weighted by Crippen LogP contribution is -3.00. The van der Waals surface area contributed by atoms with Gasteiger partial charge in [0, 0.05) is 46.5 Å². The second kappa shape index (κ2) is 14.7. The minimum absolute atomic E-state index is 0. The van der Waals surface area contributed by atoms with Gasteiger partial charge in [-0.25, -0.2) is 0 Å². The number of rotatable bonds is 11. The first kappa shape index (κ1) is 30.1. The van der Waals surface area contributed by atoms with Gasteiger partial charge in [0.15, 0.2) is 12.4 Å². The molecule has 0 aliphatic carbocycles. The summed E-state index contributed by atoms with van der Waals surface area (Å²) in [5.74, 6) is 0. The number of para-hydroxylation sites is 2. The Morgan fingerprint density at radius 2 is 0.675 bits per heavy atom. The molecule has 6 aromatic rings. The molecule has 0 N–H and O–H groups in total. The van der Waals surface area contributed by atoms with Crippen LogP contribution >= 0.6 is 0 Å². The number of fused-ring (bicyclic) bond motifs is 6. The molecule has 0 fully saturated rings. The highest BCUT2D eigenvalue weighted by molar-refractivity contribution is 6.04. The van der Waals surface area contributed by atoms with Crippen LogP contribution in [0.1, 0.15) is 51.4 Å². The van der Waals surface area contributed by atoms with Gasteiger partial charge in [0.05, 0.1) is 10.8 Å². The van der Waals surface area contributed by atoms with Gasteiger partial charge in [0.1, 0.15) is 13.1 Å². The lowest BCUT2D eigenvalue weighted by molar-refractivity contribution is -0.670. The van der Waals surface area contributed by atoms with Gasteiger partial charge in [-0.15, -0.1) is 0 Å². The molecule has 0 bridgehead atoms. The zero-order valence-electron chi connectivity index (χ0n) is 23.1. The summed E-state index contributed by atoms with van der Waals surface area (Å²) in [7, 11) is 0. The fourth-order valence-electron chi connectivity index (χ4n) is 6.08. The topological polar surface area (TPSA) is 7.76 Å². The number of halogens is 2. The molecule has 0 amide bonds.